The number of halogens is 1. The van der Waals surface area contributed by atoms with Gasteiger partial charge in [-0.3, -0.25) is 9.48 Å². The van der Waals surface area contributed by atoms with Crippen molar-refractivity contribution in [2.24, 2.45) is 0 Å². The summed E-state index contributed by atoms with van der Waals surface area (Å²) in [5.74, 6) is -0.659. The summed E-state index contributed by atoms with van der Waals surface area (Å²) >= 11 is 6.24. The molecule has 0 spiro atoms. The number of carbonyl (C=O) groups is 2. The van der Waals surface area contributed by atoms with Crippen molar-refractivity contribution in [3.05, 3.63) is 51.8 Å². The van der Waals surface area contributed by atoms with Crippen LogP contribution in [-0.4, -0.2) is 45.2 Å². The van der Waals surface area contributed by atoms with Crippen molar-refractivity contribution in [1.82, 2.24) is 14.7 Å². The molecule has 2 heterocycles. The molecule has 0 radical (unpaired) electrons. The molecule has 1 aromatic heterocycles. The second kappa shape index (κ2) is 8.99. The van der Waals surface area contributed by atoms with Crippen LogP contribution in [0.5, 0.6) is 0 Å². The number of aryl methyl sites for hydroxylation is 1. The number of nitrogens with zero attached hydrogens (tertiary/aromatic N) is 3. The quantitative estimate of drug-likeness (QED) is 0.685. The number of esters is 1. The molecular formula is C22H28ClN3O3. The SMILES string of the molecule is Cc1nn(Cc2ccccc2Cl)c(C)c1C(=O)OCC(=O)N1C(C)CCCC1C. The van der Waals surface area contributed by atoms with E-state index in [0.29, 0.717) is 28.5 Å². The number of rotatable bonds is 5. The van der Waals surface area contributed by atoms with E-state index in [1.807, 2.05) is 49.9 Å². The lowest BCUT2D eigenvalue weighted by Gasteiger charge is -2.38. The number of hydrogen-bond donors (Lipinski definition) is 0. The third-order valence-corrected chi connectivity index (χ3v) is 6.04. The normalized spacial score (nSPS) is 19.3. The molecule has 156 valence electrons. The van der Waals surface area contributed by atoms with Crippen LogP contribution in [-0.2, 0) is 16.1 Å². The molecule has 1 fully saturated rings. The summed E-state index contributed by atoms with van der Waals surface area (Å²) in [5.41, 5.74) is 2.60. The lowest BCUT2D eigenvalue weighted by atomic mass is 9.97. The number of amides is 1. The van der Waals surface area contributed by atoms with Crippen LogP contribution in [0.25, 0.3) is 0 Å². The van der Waals surface area contributed by atoms with E-state index in [1.165, 1.54) is 0 Å². The first-order valence-electron chi connectivity index (χ1n) is 10.0. The van der Waals surface area contributed by atoms with Crippen LogP contribution >= 0.6 is 11.6 Å². The summed E-state index contributed by atoms with van der Waals surface area (Å²) in [6.07, 6.45) is 3.09. The minimum Gasteiger partial charge on any atom is -0.452 e. The predicted octanol–water partition coefficient (Wildman–Crippen LogP) is 4.15. The van der Waals surface area contributed by atoms with Crippen LogP contribution in [0.1, 0.15) is 60.4 Å². The zero-order valence-electron chi connectivity index (χ0n) is 17.4. The smallest absolute Gasteiger partial charge is 0.342 e. The Bertz CT molecular complexity index is 899. The number of piperidine rings is 1. The van der Waals surface area contributed by atoms with Crippen LogP contribution in [0.3, 0.4) is 0 Å². The summed E-state index contributed by atoms with van der Waals surface area (Å²) in [6.45, 7) is 7.89. The van der Waals surface area contributed by atoms with Crippen molar-refractivity contribution in [3.8, 4) is 0 Å². The van der Waals surface area contributed by atoms with E-state index in [4.69, 9.17) is 16.3 Å². The first-order valence-corrected chi connectivity index (χ1v) is 10.4. The first-order chi connectivity index (χ1) is 13.8. The molecule has 29 heavy (non-hydrogen) atoms. The predicted molar refractivity (Wildman–Crippen MR) is 112 cm³/mol. The molecule has 2 aromatic rings. The topological polar surface area (TPSA) is 64.4 Å². The van der Waals surface area contributed by atoms with Gasteiger partial charge in [-0.2, -0.15) is 5.10 Å². The van der Waals surface area contributed by atoms with Gasteiger partial charge in [-0.25, -0.2) is 4.79 Å². The molecule has 0 saturated carbocycles. The lowest BCUT2D eigenvalue weighted by Crippen LogP contribution is -2.49. The fourth-order valence-electron chi connectivity index (χ4n) is 4.12. The zero-order valence-corrected chi connectivity index (χ0v) is 18.2. The van der Waals surface area contributed by atoms with Crippen LogP contribution in [0.4, 0.5) is 0 Å². The number of benzene rings is 1. The molecule has 6 nitrogen and oxygen atoms in total. The average molecular weight is 418 g/mol. The fourth-order valence-corrected chi connectivity index (χ4v) is 4.32. The Labute approximate surface area is 176 Å². The third kappa shape index (κ3) is 4.64. The van der Waals surface area contributed by atoms with Gasteiger partial charge < -0.3 is 9.64 Å². The number of carbonyl (C=O) groups excluding carboxylic acids is 2. The molecule has 0 bridgehead atoms. The maximum atomic E-state index is 12.7. The van der Waals surface area contributed by atoms with Crippen molar-refractivity contribution in [2.45, 2.75) is 65.6 Å². The average Bonchev–Trinajstić information content (AvgIpc) is 2.95. The minimum atomic E-state index is -0.518. The highest BCUT2D eigenvalue weighted by molar-refractivity contribution is 6.31. The fraction of sp³-hybridized carbons (Fsp3) is 0.500. The summed E-state index contributed by atoms with van der Waals surface area (Å²) < 4.78 is 7.12. The first kappa shape index (κ1) is 21.4. The van der Waals surface area contributed by atoms with Gasteiger partial charge >= 0.3 is 5.97 Å². The molecule has 1 saturated heterocycles. The largest absolute Gasteiger partial charge is 0.452 e. The molecule has 7 heteroatoms. The van der Waals surface area contributed by atoms with Gasteiger partial charge in [0.2, 0.25) is 0 Å². The highest BCUT2D eigenvalue weighted by atomic mass is 35.5. The molecule has 2 unspecified atom stereocenters. The van der Waals surface area contributed by atoms with E-state index in [1.54, 1.807) is 11.6 Å². The molecule has 1 amide bonds. The second-order valence-electron chi connectivity index (χ2n) is 7.80. The Kier molecular flexibility index (Phi) is 6.63. The molecular weight excluding hydrogens is 390 g/mol. The number of hydrogen-bond acceptors (Lipinski definition) is 4. The number of ether oxygens (including phenoxy) is 1. The van der Waals surface area contributed by atoms with Crippen molar-refractivity contribution in [2.75, 3.05) is 6.61 Å². The standard InChI is InChI=1S/C22H28ClN3O3/c1-14-8-7-9-15(2)26(14)20(27)13-29-22(28)21-16(3)24-25(17(21)4)12-18-10-5-6-11-19(18)23/h5-6,10-11,14-15H,7-9,12-13H2,1-4H3. The third-order valence-electron chi connectivity index (χ3n) is 5.67. The van der Waals surface area contributed by atoms with E-state index in [-0.39, 0.29) is 24.6 Å². The zero-order chi connectivity index (χ0) is 21.1. The maximum absolute atomic E-state index is 12.7. The van der Waals surface area contributed by atoms with Gasteiger partial charge in [0.1, 0.15) is 5.56 Å². The van der Waals surface area contributed by atoms with Crippen LogP contribution in [0.15, 0.2) is 24.3 Å². The van der Waals surface area contributed by atoms with Crippen LogP contribution < -0.4 is 0 Å². The Morgan fingerprint density at radius 3 is 2.48 bits per heavy atom. The molecule has 1 aromatic carbocycles. The number of likely N-dealkylation sites (tertiary alicyclic amines) is 1. The van der Waals surface area contributed by atoms with Crippen LogP contribution in [0, 0.1) is 13.8 Å². The van der Waals surface area contributed by atoms with Gasteiger partial charge in [-0.1, -0.05) is 29.8 Å². The molecule has 0 N–H and O–H groups in total. The van der Waals surface area contributed by atoms with E-state index < -0.39 is 5.97 Å². The van der Waals surface area contributed by atoms with E-state index in [0.717, 1.165) is 24.8 Å². The van der Waals surface area contributed by atoms with Gasteiger partial charge in [-0.15, -0.1) is 0 Å². The Balaban J connectivity index is 1.69. The van der Waals surface area contributed by atoms with Crippen molar-refractivity contribution in [3.63, 3.8) is 0 Å². The number of aromatic nitrogens is 2. The summed E-state index contributed by atoms with van der Waals surface area (Å²) in [5, 5.41) is 5.12. The van der Waals surface area contributed by atoms with E-state index >= 15 is 0 Å². The maximum Gasteiger partial charge on any atom is 0.342 e. The van der Waals surface area contributed by atoms with Gasteiger partial charge in [0.15, 0.2) is 6.61 Å². The van der Waals surface area contributed by atoms with Gasteiger partial charge in [0.05, 0.1) is 17.9 Å². The minimum absolute atomic E-state index is 0.142. The van der Waals surface area contributed by atoms with Crippen molar-refractivity contribution >= 4 is 23.5 Å². The second-order valence-corrected chi connectivity index (χ2v) is 8.21. The molecule has 1 aliphatic rings. The van der Waals surface area contributed by atoms with Crippen molar-refractivity contribution in [1.29, 1.82) is 0 Å². The molecule has 3 rings (SSSR count). The van der Waals surface area contributed by atoms with E-state index in [2.05, 4.69) is 5.10 Å². The monoisotopic (exact) mass is 417 g/mol. The lowest BCUT2D eigenvalue weighted by molar-refractivity contribution is -0.140. The molecule has 0 aliphatic carbocycles. The summed E-state index contributed by atoms with van der Waals surface area (Å²) in [6, 6.07) is 7.88. The Hall–Kier alpha value is -2.34. The highest BCUT2D eigenvalue weighted by Crippen LogP contribution is 2.23. The van der Waals surface area contributed by atoms with Gasteiger partial charge in [0.25, 0.3) is 5.91 Å². The molecule has 2 atom stereocenters. The van der Waals surface area contributed by atoms with Crippen LogP contribution in [0.2, 0.25) is 5.02 Å². The molecule has 1 aliphatic heterocycles. The van der Waals surface area contributed by atoms with Gasteiger partial charge in [-0.05, 0) is 58.6 Å². The summed E-state index contributed by atoms with van der Waals surface area (Å²) in [7, 11) is 0. The summed E-state index contributed by atoms with van der Waals surface area (Å²) in [4.78, 5) is 27.2. The Morgan fingerprint density at radius 2 is 1.83 bits per heavy atom. The van der Waals surface area contributed by atoms with E-state index in [9.17, 15) is 9.59 Å². The Morgan fingerprint density at radius 1 is 1.17 bits per heavy atom. The van der Waals surface area contributed by atoms with Crippen molar-refractivity contribution < 1.29 is 14.3 Å². The van der Waals surface area contributed by atoms with Gasteiger partial charge in [0, 0.05) is 17.1 Å². The highest BCUT2D eigenvalue weighted by Gasteiger charge is 2.30.